The van der Waals surface area contributed by atoms with Crippen LogP contribution in [0.2, 0.25) is 0 Å². The summed E-state index contributed by atoms with van der Waals surface area (Å²) in [5.74, 6) is -0.148. The second-order valence-corrected chi connectivity index (χ2v) is 6.98. The topological polar surface area (TPSA) is 136 Å². The number of aliphatic hydroxyl groups is 1. The summed E-state index contributed by atoms with van der Waals surface area (Å²) < 4.78 is 5.79. The first-order chi connectivity index (χ1) is 11.9. The lowest BCUT2D eigenvalue weighted by atomic mass is 9.93. The van der Waals surface area contributed by atoms with Gasteiger partial charge in [0.05, 0.1) is 10.8 Å². The van der Waals surface area contributed by atoms with E-state index in [4.69, 9.17) is 10.5 Å². The van der Waals surface area contributed by atoms with Gasteiger partial charge in [0.25, 0.3) is 0 Å². The highest BCUT2D eigenvalue weighted by Gasteiger charge is 2.40. The molecule has 0 saturated carbocycles. The molecule has 0 fully saturated rings. The summed E-state index contributed by atoms with van der Waals surface area (Å²) in [4.78, 5) is 0. The maximum Gasteiger partial charge on any atom is 0.157 e. The van der Waals surface area contributed by atoms with E-state index in [-0.39, 0.29) is 28.7 Å². The van der Waals surface area contributed by atoms with Gasteiger partial charge < -0.3 is 36.0 Å². The zero-order valence-corrected chi connectivity index (χ0v) is 14.0. The molecule has 0 aromatic heterocycles. The van der Waals surface area contributed by atoms with Crippen LogP contribution in [-0.4, -0.2) is 43.9 Å². The minimum Gasteiger partial charge on any atom is -0.508 e. The number of aromatic hydroxyl groups is 4. The molecule has 25 heavy (non-hydrogen) atoms. The van der Waals surface area contributed by atoms with Crippen molar-refractivity contribution < 1.29 is 30.3 Å². The highest BCUT2D eigenvalue weighted by molar-refractivity contribution is 7.99. The third-order valence-electron chi connectivity index (χ3n) is 4.01. The van der Waals surface area contributed by atoms with Crippen LogP contribution in [-0.2, 0) is 0 Å². The van der Waals surface area contributed by atoms with Gasteiger partial charge in [0.1, 0.15) is 23.4 Å². The lowest BCUT2D eigenvalue weighted by Crippen LogP contribution is -2.33. The predicted octanol–water partition coefficient (Wildman–Crippen LogP) is 1.74. The van der Waals surface area contributed by atoms with Gasteiger partial charge in [-0.25, -0.2) is 0 Å². The number of hydrogen-bond acceptors (Lipinski definition) is 8. The third kappa shape index (κ3) is 3.28. The fourth-order valence-electron chi connectivity index (χ4n) is 2.88. The van der Waals surface area contributed by atoms with Crippen LogP contribution >= 0.6 is 11.8 Å². The lowest BCUT2D eigenvalue weighted by Gasteiger charge is -2.37. The predicted molar refractivity (Wildman–Crippen MR) is 93.2 cm³/mol. The van der Waals surface area contributed by atoms with E-state index in [9.17, 15) is 25.5 Å². The van der Waals surface area contributed by atoms with E-state index in [1.165, 1.54) is 42.1 Å². The summed E-state index contributed by atoms with van der Waals surface area (Å²) in [7, 11) is 0. The first-order valence-corrected chi connectivity index (χ1v) is 8.71. The number of phenolic OH excluding ortho intramolecular Hbond substituents is 4. The Morgan fingerprint density at radius 3 is 2.44 bits per heavy atom. The van der Waals surface area contributed by atoms with Gasteiger partial charge in [-0.3, -0.25) is 0 Å². The number of thioether (sulfide) groups is 1. The lowest BCUT2D eigenvalue weighted by molar-refractivity contribution is 0.0174. The van der Waals surface area contributed by atoms with Crippen LogP contribution in [0, 0.1) is 0 Å². The molecular formula is C17H19NO6S. The van der Waals surface area contributed by atoms with E-state index in [1.54, 1.807) is 0 Å². The van der Waals surface area contributed by atoms with Crippen molar-refractivity contribution in [2.24, 2.45) is 5.73 Å². The Bertz CT molecular complexity index is 784. The molecule has 2 aromatic rings. The average Bonchev–Trinajstić information content (AvgIpc) is 2.56. The molecule has 0 saturated heterocycles. The monoisotopic (exact) mass is 365 g/mol. The van der Waals surface area contributed by atoms with Gasteiger partial charge in [0.15, 0.2) is 17.6 Å². The standard InChI is InChI=1S/C17H19NO6S/c18-3-4-25-17-14-12(22)6-9(19)7-13(14)24-16(15(17)23)8-1-2-10(20)11(21)5-8/h1-2,5-7,15-17,19-23H,3-4,18H2/t15-,16+,17-/m0/s1. The van der Waals surface area contributed by atoms with E-state index < -0.39 is 17.5 Å². The zero-order chi connectivity index (χ0) is 18.1. The largest absolute Gasteiger partial charge is 0.508 e. The minimum atomic E-state index is -1.04. The van der Waals surface area contributed by atoms with Crippen LogP contribution in [0.15, 0.2) is 30.3 Å². The molecule has 1 heterocycles. The van der Waals surface area contributed by atoms with Crippen molar-refractivity contribution in [1.29, 1.82) is 0 Å². The molecule has 3 atom stereocenters. The molecule has 2 aromatic carbocycles. The number of rotatable bonds is 4. The van der Waals surface area contributed by atoms with Crippen molar-refractivity contribution in [3.05, 3.63) is 41.5 Å². The fourth-order valence-corrected chi connectivity index (χ4v) is 4.01. The summed E-state index contributed by atoms with van der Waals surface area (Å²) in [6.07, 6.45) is -1.89. The van der Waals surface area contributed by atoms with Gasteiger partial charge >= 0.3 is 0 Å². The molecule has 134 valence electrons. The van der Waals surface area contributed by atoms with E-state index in [2.05, 4.69) is 0 Å². The highest BCUT2D eigenvalue weighted by Crippen LogP contribution is 2.52. The summed E-state index contributed by atoms with van der Waals surface area (Å²) in [5, 5.41) is 49.4. The molecule has 0 aliphatic carbocycles. The molecule has 1 aliphatic heterocycles. The minimum absolute atomic E-state index is 0.164. The molecule has 7 N–H and O–H groups in total. The number of nitrogens with two attached hydrogens (primary N) is 1. The van der Waals surface area contributed by atoms with Crippen molar-refractivity contribution in [3.8, 4) is 28.7 Å². The Labute approximate surface area is 148 Å². The van der Waals surface area contributed by atoms with Crippen LogP contribution in [0.25, 0.3) is 0 Å². The number of phenols is 4. The Hall–Kier alpha value is -2.29. The van der Waals surface area contributed by atoms with Gasteiger partial charge in [-0.15, -0.1) is 11.8 Å². The zero-order valence-electron chi connectivity index (χ0n) is 13.2. The molecular weight excluding hydrogens is 346 g/mol. The molecule has 1 aliphatic rings. The number of fused-ring (bicyclic) bond motifs is 1. The summed E-state index contributed by atoms with van der Waals surface area (Å²) >= 11 is 1.37. The third-order valence-corrected chi connectivity index (χ3v) is 5.35. The van der Waals surface area contributed by atoms with Gasteiger partial charge in [0.2, 0.25) is 0 Å². The average molecular weight is 365 g/mol. The van der Waals surface area contributed by atoms with Crippen LogP contribution in [0.5, 0.6) is 28.7 Å². The van der Waals surface area contributed by atoms with Crippen LogP contribution in [0.3, 0.4) is 0 Å². The molecule has 7 nitrogen and oxygen atoms in total. The van der Waals surface area contributed by atoms with E-state index >= 15 is 0 Å². The van der Waals surface area contributed by atoms with Gasteiger partial charge in [-0.05, 0) is 17.7 Å². The Morgan fingerprint density at radius 1 is 1.00 bits per heavy atom. The first kappa shape index (κ1) is 17.5. The van der Waals surface area contributed by atoms with Crippen LogP contribution < -0.4 is 10.5 Å². The second kappa shape index (κ2) is 6.91. The van der Waals surface area contributed by atoms with Crippen molar-refractivity contribution in [2.45, 2.75) is 17.5 Å². The summed E-state index contributed by atoms with van der Waals surface area (Å²) in [6, 6.07) is 6.70. The van der Waals surface area contributed by atoms with Gasteiger partial charge in [-0.2, -0.15) is 0 Å². The van der Waals surface area contributed by atoms with E-state index in [0.29, 0.717) is 23.4 Å². The maximum absolute atomic E-state index is 10.8. The van der Waals surface area contributed by atoms with Crippen molar-refractivity contribution in [3.63, 3.8) is 0 Å². The SMILES string of the molecule is NCCS[C@H]1c2c(O)cc(O)cc2O[C@H](c2ccc(O)c(O)c2)[C@@H]1O. The molecule has 0 unspecified atom stereocenters. The normalized spacial score (nSPS) is 22.2. The van der Waals surface area contributed by atoms with Crippen LogP contribution in [0.1, 0.15) is 22.5 Å². The smallest absolute Gasteiger partial charge is 0.157 e. The van der Waals surface area contributed by atoms with Gasteiger partial charge in [0, 0.05) is 24.4 Å². The maximum atomic E-state index is 10.8. The molecule has 0 bridgehead atoms. The molecule has 0 spiro atoms. The molecule has 8 heteroatoms. The van der Waals surface area contributed by atoms with Crippen molar-refractivity contribution >= 4 is 11.8 Å². The molecule has 0 amide bonds. The van der Waals surface area contributed by atoms with Gasteiger partial charge in [-0.1, -0.05) is 6.07 Å². The second-order valence-electron chi connectivity index (χ2n) is 5.73. The summed E-state index contributed by atoms with van der Waals surface area (Å²) in [5.41, 5.74) is 6.40. The Balaban J connectivity index is 2.06. The first-order valence-electron chi connectivity index (χ1n) is 7.66. The summed E-state index contributed by atoms with van der Waals surface area (Å²) in [6.45, 7) is 0.396. The van der Waals surface area contributed by atoms with E-state index in [1.807, 2.05) is 0 Å². The Morgan fingerprint density at radius 2 is 1.76 bits per heavy atom. The molecule has 3 rings (SSSR count). The number of hydrogen-bond donors (Lipinski definition) is 6. The van der Waals surface area contributed by atoms with Crippen molar-refractivity contribution in [1.82, 2.24) is 0 Å². The van der Waals surface area contributed by atoms with E-state index in [0.717, 1.165) is 0 Å². The highest BCUT2D eigenvalue weighted by atomic mass is 32.2. The molecule has 0 radical (unpaired) electrons. The number of benzene rings is 2. The number of aliphatic hydroxyl groups excluding tert-OH is 1. The Kier molecular flexibility index (Phi) is 4.85. The fraction of sp³-hybridized carbons (Fsp3) is 0.294. The van der Waals surface area contributed by atoms with Crippen molar-refractivity contribution in [2.75, 3.05) is 12.3 Å². The quantitative estimate of drug-likeness (QED) is 0.451. The number of ether oxygens (including phenoxy) is 1. The van der Waals surface area contributed by atoms with Crippen LogP contribution in [0.4, 0.5) is 0 Å².